The molecular weight excluding hydrogens is 787 g/mol. The molecule has 0 fully saturated rings. The molecule has 12 aromatic rings. The van der Waals surface area contributed by atoms with Gasteiger partial charge >= 0.3 is 0 Å². The van der Waals surface area contributed by atoms with Crippen LogP contribution in [0.15, 0.2) is 224 Å². The second kappa shape index (κ2) is 12.8. The molecule has 0 bridgehead atoms. The molecule has 2 heteroatoms. The van der Waals surface area contributed by atoms with Crippen LogP contribution in [0.1, 0.15) is 22.3 Å². The Morgan fingerprint density at radius 2 is 0.923 bits per heavy atom. The van der Waals surface area contributed by atoms with Gasteiger partial charge in [0.25, 0.3) is 0 Å². The van der Waals surface area contributed by atoms with Gasteiger partial charge in [-0.05, 0) is 137 Å². The van der Waals surface area contributed by atoms with Crippen LogP contribution in [-0.2, 0) is 5.41 Å². The zero-order valence-electron chi connectivity index (χ0n) is 35.2. The average molecular weight is 824 g/mol. The molecular formula is C63H37NO. The summed E-state index contributed by atoms with van der Waals surface area (Å²) in [6.45, 7) is 0. The first-order valence-electron chi connectivity index (χ1n) is 22.6. The number of benzene rings is 11. The Kier molecular flexibility index (Phi) is 6.91. The van der Waals surface area contributed by atoms with Crippen molar-refractivity contribution in [3.8, 4) is 72.8 Å². The van der Waals surface area contributed by atoms with E-state index in [0.29, 0.717) is 0 Å². The van der Waals surface area contributed by atoms with Gasteiger partial charge in [0, 0.05) is 27.4 Å². The summed E-state index contributed by atoms with van der Waals surface area (Å²) in [6, 6.07) is 83.2. The van der Waals surface area contributed by atoms with E-state index in [1.807, 2.05) is 0 Å². The SMILES string of the molecule is c1ccc(-n2c3ccccc3c3cc(-c4ccc5c6c(cccc46)-c4cc(-c6cccc7c6-c6ccccc6C76c7ccccc7-c7cccc8cccc6c78)ccc4O5)ccc32)cc1. The van der Waals surface area contributed by atoms with E-state index in [4.69, 9.17) is 4.74 Å². The topological polar surface area (TPSA) is 14.2 Å². The molecule has 11 aromatic carbocycles. The van der Waals surface area contributed by atoms with Gasteiger partial charge in [0.15, 0.2) is 0 Å². The molecule has 1 atom stereocenters. The molecule has 1 spiro atoms. The molecule has 0 N–H and O–H groups in total. The van der Waals surface area contributed by atoms with Gasteiger partial charge in [0.2, 0.25) is 0 Å². The highest BCUT2D eigenvalue weighted by Crippen LogP contribution is 2.63. The molecule has 1 aliphatic heterocycles. The predicted octanol–water partition coefficient (Wildman–Crippen LogP) is 16.5. The molecule has 2 heterocycles. The normalized spacial score (nSPS) is 15.0. The Balaban J connectivity index is 0.915. The van der Waals surface area contributed by atoms with Crippen LogP contribution < -0.4 is 4.74 Å². The van der Waals surface area contributed by atoms with Crippen LogP contribution in [0.2, 0.25) is 0 Å². The van der Waals surface area contributed by atoms with Gasteiger partial charge < -0.3 is 9.30 Å². The van der Waals surface area contributed by atoms with Gasteiger partial charge in [-0.1, -0.05) is 176 Å². The number of hydrogen-bond donors (Lipinski definition) is 0. The summed E-state index contributed by atoms with van der Waals surface area (Å²) in [5.74, 6) is 1.77. The van der Waals surface area contributed by atoms with Crippen molar-refractivity contribution in [3.63, 3.8) is 0 Å². The number of aromatic nitrogens is 1. The average Bonchev–Trinajstić information content (AvgIpc) is 3.86. The summed E-state index contributed by atoms with van der Waals surface area (Å²) < 4.78 is 9.23. The number of fused-ring (bicyclic) bond motifs is 14. The fourth-order valence-electron chi connectivity index (χ4n) is 12.3. The van der Waals surface area contributed by atoms with Crippen LogP contribution in [0.3, 0.4) is 0 Å². The molecule has 300 valence electrons. The summed E-state index contributed by atoms with van der Waals surface area (Å²) >= 11 is 0. The van der Waals surface area contributed by atoms with Gasteiger partial charge in [-0.15, -0.1) is 0 Å². The summed E-state index contributed by atoms with van der Waals surface area (Å²) in [4.78, 5) is 0. The van der Waals surface area contributed by atoms with E-state index >= 15 is 0 Å². The molecule has 0 amide bonds. The first kappa shape index (κ1) is 35.1. The number of hydrogen-bond acceptors (Lipinski definition) is 1. The molecule has 15 rings (SSSR count). The maximum Gasteiger partial charge on any atom is 0.135 e. The minimum absolute atomic E-state index is 0.468. The van der Waals surface area contributed by atoms with Crippen molar-refractivity contribution in [2.45, 2.75) is 5.41 Å². The Morgan fingerprint density at radius 1 is 0.323 bits per heavy atom. The van der Waals surface area contributed by atoms with Crippen molar-refractivity contribution in [2.75, 3.05) is 0 Å². The zero-order chi connectivity index (χ0) is 42.4. The van der Waals surface area contributed by atoms with Gasteiger partial charge in [-0.2, -0.15) is 0 Å². The van der Waals surface area contributed by atoms with Gasteiger partial charge in [-0.25, -0.2) is 0 Å². The van der Waals surface area contributed by atoms with Crippen molar-refractivity contribution < 1.29 is 4.74 Å². The standard InChI is InChI=1S/C63H37NO/c1-2-16-41(17-3-1)64-56-29-9-6-19-45(56)50-36-39(30-33-57(50)64)42-32-35-59-62-46(42)23-12-24-48(62)51-37-40(31-34-58(51)65-59)43-21-13-28-55-61(43)49-20-5-8-26-53(49)63(55)52-25-7-4-18-44(52)47-22-10-14-38-15-11-27-54(63)60(38)47/h1-37H. The highest BCUT2D eigenvalue weighted by molar-refractivity contribution is 6.14. The maximum atomic E-state index is 6.85. The van der Waals surface area contributed by atoms with Crippen molar-refractivity contribution in [3.05, 3.63) is 247 Å². The third kappa shape index (κ3) is 4.53. The third-order valence-electron chi connectivity index (χ3n) is 14.8. The summed E-state index contributed by atoms with van der Waals surface area (Å²) in [6.07, 6.45) is 0. The fourth-order valence-corrected chi connectivity index (χ4v) is 12.3. The van der Waals surface area contributed by atoms with Crippen LogP contribution >= 0.6 is 0 Å². The second-order valence-corrected chi connectivity index (χ2v) is 17.9. The highest BCUT2D eigenvalue weighted by Gasteiger charge is 2.50. The summed E-state index contributed by atoms with van der Waals surface area (Å²) in [7, 11) is 0. The largest absolute Gasteiger partial charge is 0.456 e. The Hall–Kier alpha value is -8.46. The molecule has 1 aromatic heterocycles. The minimum Gasteiger partial charge on any atom is -0.456 e. The number of rotatable bonds is 3. The molecule has 0 radical (unpaired) electrons. The van der Waals surface area contributed by atoms with Crippen LogP contribution in [0.5, 0.6) is 11.5 Å². The van der Waals surface area contributed by atoms with E-state index < -0.39 is 5.41 Å². The van der Waals surface area contributed by atoms with Crippen molar-refractivity contribution in [1.82, 2.24) is 4.57 Å². The van der Waals surface area contributed by atoms with E-state index in [0.717, 1.165) is 28.1 Å². The lowest BCUT2D eigenvalue weighted by Crippen LogP contribution is -2.31. The van der Waals surface area contributed by atoms with Crippen LogP contribution in [0.25, 0.3) is 105 Å². The van der Waals surface area contributed by atoms with Crippen molar-refractivity contribution >= 4 is 43.4 Å². The van der Waals surface area contributed by atoms with E-state index in [-0.39, 0.29) is 0 Å². The molecule has 1 unspecified atom stereocenters. The van der Waals surface area contributed by atoms with Crippen molar-refractivity contribution in [2.24, 2.45) is 0 Å². The van der Waals surface area contributed by atoms with Crippen molar-refractivity contribution in [1.29, 1.82) is 0 Å². The second-order valence-electron chi connectivity index (χ2n) is 17.9. The molecule has 0 saturated heterocycles. The Morgan fingerprint density at radius 3 is 1.82 bits per heavy atom. The Labute approximate surface area is 375 Å². The van der Waals surface area contributed by atoms with E-state index in [1.165, 1.54) is 110 Å². The smallest absolute Gasteiger partial charge is 0.135 e. The molecule has 2 nitrogen and oxygen atoms in total. The lowest BCUT2D eigenvalue weighted by molar-refractivity contribution is 0.487. The van der Waals surface area contributed by atoms with E-state index in [1.54, 1.807) is 0 Å². The molecule has 65 heavy (non-hydrogen) atoms. The van der Waals surface area contributed by atoms with Gasteiger partial charge in [0.1, 0.15) is 11.5 Å². The predicted molar refractivity (Wildman–Crippen MR) is 268 cm³/mol. The molecule has 2 aliphatic carbocycles. The van der Waals surface area contributed by atoms with Crippen LogP contribution in [0, 0.1) is 0 Å². The van der Waals surface area contributed by atoms with Gasteiger partial charge in [0.05, 0.1) is 16.4 Å². The first-order valence-corrected chi connectivity index (χ1v) is 22.6. The van der Waals surface area contributed by atoms with E-state index in [2.05, 4.69) is 229 Å². The molecule has 0 saturated carbocycles. The zero-order valence-corrected chi connectivity index (χ0v) is 35.2. The Bertz CT molecular complexity index is 4040. The third-order valence-corrected chi connectivity index (χ3v) is 14.8. The lowest BCUT2D eigenvalue weighted by atomic mass is 9.61. The minimum atomic E-state index is -0.468. The fraction of sp³-hybridized carbons (Fsp3) is 0.0159. The monoisotopic (exact) mass is 823 g/mol. The quantitative estimate of drug-likeness (QED) is 0.173. The van der Waals surface area contributed by atoms with Crippen LogP contribution in [0.4, 0.5) is 0 Å². The van der Waals surface area contributed by atoms with Gasteiger partial charge in [-0.3, -0.25) is 0 Å². The maximum absolute atomic E-state index is 6.85. The summed E-state index contributed by atoms with van der Waals surface area (Å²) in [5.41, 5.74) is 20.8. The lowest BCUT2D eigenvalue weighted by Gasteiger charge is -2.40. The van der Waals surface area contributed by atoms with Crippen LogP contribution in [-0.4, -0.2) is 4.57 Å². The first-order chi connectivity index (χ1) is 32.3. The molecule has 3 aliphatic rings. The number of ether oxygens (including phenoxy) is 1. The number of para-hydroxylation sites is 2. The highest BCUT2D eigenvalue weighted by atomic mass is 16.5. The number of nitrogens with zero attached hydrogens (tertiary/aromatic N) is 1. The summed E-state index contributed by atoms with van der Waals surface area (Å²) in [5, 5.41) is 7.44. The van der Waals surface area contributed by atoms with E-state index in [9.17, 15) is 0 Å².